The number of halogens is 1. The Hall–Kier alpha value is -3.46. The number of nitrogens with zero attached hydrogens (tertiary/aromatic N) is 6. The van der Waals surface area contributed by atoms with E-state index in [2.05, 4.69) is 15.2 Å². The standard InChI is InChI=1S/C19H13FN6OS/c1-28-17-15-16(25(23-17)12-7-3-2-4-8-12)22-19-24(11-21-26(19)18(15)27)14-10-6-5-9-13(14)20/h2-11H,1H3. The van der Waals surface area contributed by atoms with Crippen LogP contribution in [0.2, 0.25) is 0 Å². The van der Waals surface area contributed by atoms with Crippen LogP contribution in [0.5, 0.6) is 0 Å². The van der Waals surface area contributed by atoms with Gasteiger partial charge in [0.05, 0.1) is 11.4 Å². The molecule has 0 bridgehead atoms. The maximum Gasteiger partial charge on any atom is 0.288 e. The molecule has 3 aromatic heterocycles. The minimum Gasteiger partial charge on any atom is -0.266 e. The molecule has 5 rings (SSSR count). The lowest BCUT2D eigenvalue weighted by molar-refractivity contribution is 0.619. The Morgan fingerprint density at radius 2 is 1.79 bits per heavy atom. The van der Waals surface area contributed by atoms with E-state index in [1.165, 1.54) is 33.2 Å². The van der Waals surface area contributed by atoms with Gasteiger partial charge in [0, 0.05) is 0 Å². The number of rotatable bonds is 3. The molecule has 0 fully saturated rings. The van der Waals surface area contributed by atoms with Crippen molar-refractivity contribution >= 4 is 28.6 Å². The molecule has 0 N–H and O–H groups in total. The predicted octanol–water partition coefficient (Wildman–Crippen LogP) is 3.08. The second-order valence-electron chi connectivity index (χ2n) is 6.04. The lowest BCUT2D eigenvalue weighted by Crippen LogP contribution is -2.17. The van der Waals surface area contributed by atoms with Gasteiger partial charge in [0.1, 0.15) is 22.6 Å². The number of aromatic nitrogens is 6. The van der Waals surface area contributed by atoms with Crippen molar-refractivity contribution in [2.24, 2.45) is 0 Å². The van der Waals surface area contributed by atoms with E-state index in [0.717, 1.165) is 5.69 Å². The van der Waals surface area contributed by atoms with Crippen LogP contribution >= 0.6 is 11.8 Å². The SMILES string of the molecule is CSc1nn(-c2ccccc2)c2nc3n(-c4ccccc4F)cnn3c(=O)c12. The first kappa shape index (κ1) is 16.7. The van der Waals surface area contributed by atoms with E-state index < -0.39 is 5.82 Å². The zero-order valence-electron chi connectivity index (χ0n) is 14.7. The van der Waals surface area contributed by atoms with E-state index >= 15 is 0 Å². The first-order valence-electron chi connectivity index (χ1n) is 8.42. The summed E-state index contributed by atoms with van der Waals surface area (Å²) < 4.78 is 18.6. The molecule has 5 aromatic rings. The van der Waals surface area contributed by atoms with E-state index in [9.17, 15) is 9.18 Å². The molecular formula is C19H13FN6OS. The number of hydrogen-bond acceptors (Lipinski definition) is 5. The third kappa shape index (κ3) is 2.36. The fourth-order valence-corrected chi connectivity index (χ4v) is 3.69. The van der Waals surface area contributed by atoms with E-state index in [1.807, 2.05) is 36.6 Å². The number of benzene rings is 2. The minimum atomic E-state index is -0.432. The van der Waals surface area contributed by atoms with Gasteiger partial charge in [0.25, 0.3) is 5.56 Å². The van der Waals surface area contributed by atoms with Crippen LogP contribution in [0, 0.1) is 5.82 Å². The Morgan fingerprint density at radius 1 is 1.04 bits per heavy atom. The first-order valence-corrected chi connectivity index (χ1v) is 9.65. The van der Waals surface area contributed by atoms with Crippen molar-refractivity contribution in [2.75, 3.05) is 6.26 Å². The molecule has 0 unspecified atom stereocenters. The average Bonchev–Trinajstić information content (AvgIpc) is 3.31. The normalized spacial score (nSPS) is 11.5. The highest BCUT2D eigenvalue weighted by atomic mass is 32.2. The molecule has 7 nitrogen and oxygen atoms in total. The van der Waals surface area contributed by atoms with E-state index in [-0.39, 0.29) is 17.0 Å². The van der Waals surface area contributed by atoms with Crippen molar-refractivity contribution in [3.05, 3.63) is 77.1 Å². The molecule has 0 saturated heterocycles. The summed E-state index contributed by atoms with van der Waals surface area (Å²) in [5, 5.41) is 9.63. The molecule has 9 heteroatoms. The summed E-state index contributed by atoms with van der Waals surface area (Å²) in [6.07, 6.45) is 3.24. The molecule has 28 heavy (non-hydrogen) atoms. The summed E-state index contributed by atoms with van der Waals surface area (Å²) in [7, 11) is 0. The number of hydrogen-bond donors (Lipinski definition) is 0. The maximum atomic E-state index is 14.3. The van der Waals surface area contributed by atoms with Gasteiger partial charge >= 0.3 is 0 Å². The smallest absolute Gasteiger partial charge is 0.266 e. The summed E-state index contributed by atoms with van der Waals surface area (Å²) in [5.74, 6) is -0.217. The van der Waals surface area contributed by atoms with Gasteiger partial charge < -0.3 is 0 Å². The Kier molecular flexibility index (Phi) is 3.76. The molecule has 0 aliphatic heterocycles. The number of thioether (sulfide) groups is 1. The van der Waals surface area contributed by atoms with Crippen LogP contribution in [0.1, 0.15) is 0 Å². The average molecular weight is 392 g/mol. The van der Waals surface area contributed by atoms with Crippen LogP contribution in [0.4, 0.5) is 4.39 Å². The molecule has 0 saturated carbocycles. The molecule has 138 valence electrons. The number of fused-ring (bicyclic) bond motifs is 2. The lowest BCUT2D eigenvalue weighted by atomic mass is 10.3. The second-order valence-corrected chi connectivity index (χ2v) is 6.83. The van der Waals surface area contributed by atoms with Crippen LogP contribution in [-0.2, 0) is 0 Å². The van der Waals surface area contributed by atoms with Crippen LogP contribution in [0.3, 0.4) is 0 Å². The highest BCUT2D eigenvalue weighted by Crippen LogP contribution is 2.25. The Labute approximate surface area is 162 Å². The van der Waals surface area contributed by atoms with Crippen LogP contribution in [-0.4, -0.2) is 35.2 Å². The highest BCUT2D eigenvalue weighted by molar-refractivity contribution is 7.98. The summed E-state index contributed by atoms with van der Waals surface area (Å²) >= 11 is 1.36. The molecule has 0 atom stereocenters. The van der Waals surface area contributed by atoms with E-state index in [1.54, 1.807) is 22.9 Å². The van der Waals surface area contributed by atoms with Crippen molar-refractivity contribution in [1.29, 1.82) is 0 Å². The zero-order valence-corrected chi connectivity index (χ0v) is 15.5. The van der Waals surface area contributed by atoms with Crippen LogP contribution in [0.25, 0.3) is 28.2 Å². The quantitative estimate of drug-likeness (QED) is 0.442. The molecule has 0 radical (unpaired) electrons. The Bertz CT molecular complexity index is 1390. The van der Waals surface area contributed by atoms with Crippen molar-refractivity contribution < 1.29 is 4.39 Å². The zero-order chi connectivity index (χ0) is 19.3. The molecule has 0 aliphatic carbocycles. The molecule has 3 heterocycles. The minimum absolute atomic E-state index is 0.215. The molecule has 0 aliphatic rings. The fourth-order valence-electron chi connectivity index (χ4n) is 3.14. The van der Waals surface area contributed by atoms with Gasteiger partial charge in [-0.25, -0.2) is 9.07 Å². The summed E-state index contributed by atoms with van der Waals surface area (Å²) in [6, 6.07) is 15.7. The van der Waals surface area contributed by atoms with Gasteiger partial charge in [-0.05, 0) is 30.5 Å². The summed E-state index contributed by atoms with van der Waals surface area (Å²) in [5.41, 5.74) is 1.10. The summed E-state index contributed by atoms with van der Waals surface area (Å²) in [4.78, 5) is 17.8. The lowest BCUT2D eigenvalue weighted by Gasteiger charge is -2.05. The van der Waals surface area contributed by atoms with Crippen molar-refractivity contribution in [3.8, 4) is 11.4 Å². The maximum absolute atomic E-state index is 14.3. The molecule has 0 amide bonds. The van der Waals surface area contributed by atoms with Crippen molar-refractivity contribution in [2.45, 2.75) is 5.03 Å². The summed E-state index contributed by atoms with van der Waals surface area (Å²) in [6.45, 7) is 0. The number of para-hydroxylation sites is 2. The van der Waals surface area contributed by atoms with Gasteiger partial charge in [-0.3, -0.25) is 9.36 Å². The van der Waals surface area contributed by atoms with Gasteiger partial charge in [0.15, 0.2) is 5.65 Å². The predicted molar refractivity (Wildman–Crippen MR) is 105 cm³/mol. The monoisotopic (exact) mass is 392 g/mol. The molecule has 0 spiro atoms. The molecular weight excluding hydrogens is 379 g/mol. The van der Waals surface area contributed by atoms with Gasteiger partial charge in [-0.2, -0.15) is 19.7 Å². The second kappa shape index (κ2) is 6.31. The fraction of sp³-hybridized carbons (Fsp3) is 0.0526. The van der Waals surface area contributed by atoms with Gasteiger partial charge in [0.2, 0.25) is 5.78 Å². The Balaban J connectivity index is 1.89. The van der Waals surface area contributed by atoms with Crippen LogP contribution < -0.4 is 5.56 Å². The third-order valence-electron chi connectivity index (χ3n) is 4.43. The first-order chi connectivity index (χ1) is 13.7. The highest BCUT2D eigenvalue weighted by Gasteiger charge is 2.21. The molecule has 2 aromatic carbocycles. The topological polar surface area (TPSA) is 70.0 Å². The third-order valence-corrected chi connectivity index (χ3v) is 5.11. The van der Waals surface area contributed by atoms with Gasteiger partial charge in [-0.1, -0.05) is 30.3 Å². The van der Waals surface area contributed by atoms with Crippen molar-refractivity contribution in [3.63, 3.8) is 0 Å². The van der Waals surface area contributed by atoms with Gasteiger partial charge in [-0.15, -0.1) is 11.8 Å². The Morgan fingerprint density at radius 3 is 2.54 bits per heavy atom. The van der Waals surface area contributed by atoms with Crippen LogP contribution in [0.15, 0.2) is 70.7 Å². The van der Waals surface area contributed by atoms with E-state index in [0.29, 0.717) is 16.1 Å². The van der Waals surface area contributed by atoms with Crippen molar-refractivity contribution in [1.82, 2.24) is 28.9 Å². The largest absolute Gasteiger partial charge is 0.288 e. The van der Waals surface area contributed by atoms with E-state index in [4.69, 9.17) is 0 Å².